The number of esters is 2. The largest absolute Gasteiger partial charge is 0.462 e. The Balaban J connectivity index is 2.34. The van der Waals surface area contributed by atoms with Crippen molar-refractivity contribution >= 4 is 22.1 Å². The van der Waals surface area contributed by atoms with E-state index in [4.69, 9.17) is 18.9 Å². The number of hydrogen-bond acceptors (Lipinski definition) is 11. The molecule has 1 saturated heterocycles. The van der Waals surface area contributed by atoms with Crippen LogP contribution in [0.1, 0.15) is 239 Å². The molecule has 12 nitrogen and oxygen atoms in total. The number of rotatable bonds is 44. The first-order valence-corrected chi connectivity index (χ1v) is 27.4. The number of hydrogen-bond donors (Lipinski definition) is 4. The van der Waals surface area contributed by atoms with Crippen LogP contribution in [0.2, 0.25) is 0 Å². The average molecular weight is 919 g/mol. The number of carbonyl (C=O) groups excluding carboxylic acids is 2. The second-order valence-electron chi connectivity index (χ2n) is 18.2. The molecule has 0 radical (unpaired) electrons. The molecule has 6 atom stereocenters. The maximum absolute atomic E-state index is 12.8. The molecule has 1 aliphatic heterocycles. The summed E-state index contributed by atoms with van der Waals surface area (Å²) in [6, 6.07) is 0. The highest BCUT2D eigenvalue weighted by molar-refractivity contribution is 7.85. The number of ether oxygens (including phenoxy) is 4. The van der Waals surface area contributed by atoms with E-state index in [9.17, 15) is 37.9 Å². The third-order valence-corrected chi connectivity index (χ3v) is 12.8. The normalized spacial score (nSPS) is 19.7. The summed E-state index contributed by atoms with van der Waals surface area (Å²) in [5.41, 5.74) is 0. The van der Waals surface area contributed by atoms with Gasteiger partial charge in [-0.25, -0.2) is 0 Å². The fourth-order valence-corrected chi connectivity index (χ4v) is 8.79. The number of carbonyl (C=O) groups is 2. The van der Waals surface area contributed by atoms with Crippen LogP contribution in [0.15, 0.2) is 12.2 Å². The molecule has 372 valence electrons. The summed E-state index contributed by atoms with van der Waals surface area (Å²) in [5.74, 6) is -2.01. The molecule has 1 fully saturated rings. The minimum absolute atomic E-state index is 0.122. The monoisotopic (exact) mass is 919 g/mol. The first kappa shape index (κ1) is 59.4. The van der Waals surface area contributed by atoms with Crippen LogP contribution in [0.25, 0.3) is 0 Å². The Morgan fingerprint density at radius 2 is 0.921 bits per heavy atom. The number of allylic oxidation sites excluding steroid dienone is 2. The fraction of sp³-hybridized carbons (Fsp3) is 0.920. The van der Waals surface area contributed by atoms with Crippen molar-refractivity contribution in [2.24, 2.45) is 0 Å². The number of aliphatic hydroxyl groups excluding tert-OH is 3. The van der Waals surface area contributed by atoms with Crippen molar-refractivity contribution in [2.45, 2.75) is 275 Å². The molecule has 1 heterocycles. The molecular formula is C50H94O12S. The van der Waals surface area contributed by atoms with Crippen molar-refractivity contribution in [3.05, 3.63) is 12.2 Å². The summed E-state index contributed by atoms with van der Waals surface area (Å²) in [5, 5.41) is 30.9. The molecule has 4 N–H and O–H groups in total. The van der Waals surface area contributed by atoms with Crippen LogP contribution in [0, 0.1) is 0 Å². The molecule has 63 heavy (non-hydrogen) atoms. The van der Waals surface area contributed by atoms with E-state index in [0.29, 0.717) is 19.3 Å². The van der Waals surface area contributed by atoms with Crippen molar-refractivity contribution in [2.75, 3.05) is 19.0 Å². The van der Waals surface area contributed by atoms with Crippen LogP contribution in [-0.2, 0) is 38.7 Å². The quantitative estimate of drug-likeness (QED) is 0.0196. The van der Waals surface area contributed by atoms with Gasteiger partial charge in [0.05, 0.1) is 6.61 Å². The van der Waals surface area contributed by atoms with Gasteiger partial charge in [-0.05, 0) is 32.1 Å². The van der Waals surface area contributed by atoms with Crippen LogP contribution in [0.3, 0.4) is 0 Å². The maximum atomic E-state index is 12.8. The molecule has 0 aromatic rings. The summed E-state index contributed by atoms with van der Waals surface area (Å²) in [7, 11) is -4.60. The molecule has 1 aliphatic rings. The first-order chi connectivity index (χ1) is 30.5. The van der Waals surface area contributed by atoms with Gasteiger partial charge in [-0.15, -0.1) is 0 Å². The van der Waals surface area contributed by atoms with Gasteiger partial charge in [-0.1, -0.05) is 206 Å². The highest BCUT2D eigenvalue weighted by atomic mass is 32.2. The van der Waals surface area contributed by atoms with Crippen LogP contribution in [-0.4, -0.2) is 96.0 Å². The van der Waals surface area contributed by atoms with Crippen molar-refractivity contribution in [3.8, 4) is 0 Å². The molecule has 0 saturated carbocycles. The lowest BCUT2D eigenvalue weighted by molar-refractivity contribution is -0.297. The van der Waals surface area contributed by atoms with E-state index in [1.165, 1.54) is 161 Å². The van der Waals surface area contributed by atoms with Gasteiger partial charge in [-0.2, -0.15) is 8.42 Å². The van der Waals surface area contributed by atoms with Crippen LogP contribution in [0.4, 0.5) is 0 Å². The Bertz CT molecular complexity index is 1210. The van der Waals surface area contributed by atoms with E-state index in [0.717, 1.165) is 32.1 Å². The van der Waals surface area contributed by atoms with Gasteiger partial charge in [0.15, 0.2) is 12.4 Å². The summed E-state index contributed by atoms with van der Waals surface area (Å²) < 4.78 is 54.1. The molecule has 13 heteroatoms. The Morgan fingerprint density at radius 1 is 0.524 bits per heavy atom. The lowest BCUT2D eigenvalue weighted by atomic mass is 10.00. The molecule has 2 unspecified atom stereocenters. The van der Waals surface area contributed by atoms with Gasteiger partial charge in [0, 0.05) is 12.8 Å². The van der Waals surface area contributed by atoms with E-state index >= 15 is 0 Å². The van der Waals surface area contributed by atoms with Gasteiger partial charge in [-0.3, -0.25) is 14.1 Å². The van der Waals surface area contributed by atoms with Crippen LogP contribution >= 0.6 is 0 Å². The zero-order valence-electron chi connectivity index (χ0n) is 40.0. The molecule has 1 rings (SSSR count). The van der Waals surface area contributed by atoms with Crippen LogP contribution < -0.4 is 0 Å². The highest BCUT2D eigenvalue weighted by Crippen LogP contribution is 2.24. The van der Waals surface area contributed by atoms with Crippen molar-refractivity contribution in [1.29, 1.82) is 0 Å². The van der Waals surface area contributed by atoms with E-state index in [1.807, 2.05) is 0 Å². The van der Waals surface area contributed by atoms with Crippen molar-refractivity contribution in [3.63, 3.8) is 0 Å². The minimum Gasteiger partial charge on any atom is -0.462 e. The fourth-order valence-electron chi connectivity index (χ4n) is 8.09. The Kier molecular flexibility index (Phi) is 38.3. The SMILES string of the molecule is CCCCCCCCCCCCCCCCCCCC/C=C/CCCC(=O)O[C@H](COC(=O)CCCCCCCCCCCCCC)CO[C@H]1O[C@H](CS(=O)(=O)O)[C@@H](O)C(O)C1O. The van der Waals surface area contributed by atoms with Gasteiger partial charge in [0.2, 0.25) is 0 Å². The summed E-state index contributed by atoms with van der Waals surface area (Å²) in [6.07, 6.45) is 35.6. The lowest BCUT2D eigenvalue weighted by Gasteiger charge is -2.40. The topological polar surface area (TPSA) is 186 Å². The van der Waals surface area contributed by atoms with Gasteiger partial charge in [0.1, 0.15) is 36.8 Å². The second-order valence-corrected chi connectivity index (χ2v) is 19.7. The number of unbranched alkanes of at least 4 members (excludes halogenated alkanes) is 30. The molecule has 0 aromatic heterocycles. The average Bonchev–Trinajstić information content (AvgIpc) is 3.25. The third kappa shape index (κ3) is 35.3. The smallest absolute Gasteiger partial charge is 0.306 e. The molecule has 0 bridgehead atoms. The van der Waals surface area contributed by atoms with Crippen LogP contribution in [0.5, 0.6) is 0 Å². The standard InChI is InChI=1S/C50H94O12S/c1-3-5-7-9-11-13-15-17-18-19-20-21-22-23-24-25-26-27-29-31-33-35-37-39-46(52)61-43(41-60-50-49(55)48(54)47(53)44(62-50)42-63(56,57)58)40-59-45(51)38-36-34-32-30-28-16-14-12-10-8-6-4-2/h31,33,43-44,47-50,53-55H,3-30,32,34-42H2,1-2H3,(H,56,57,58)/b33-31+/t43-,44-,47-,48?,49?,50+/m1/s1. The molecule has 0 spiro atoms. The van der Waals surface area contributed by atoms with E-state index in [2.05, 4.69) is 26.0 Å². The van der Waals surface area contributed by atoms with Gasteiger partial charge >= 0.3 is 11.9 Å². The summed E-state index contributed by atoms with van der Waals surface area (Å²) >= 11 is 0. The molecular weight excluding hydrogens is 825 g/mol. The Labute approximate surface area is 384 Å². The maximum Gasteiger partial charge on any atom is 0.306 e. The van der Waals surface area contributed by atoms with Gasteiger partial charge in [0.25, 0.3) is 10.1 Å². The molecule has 0 amide bonds. The lowest BCUT2D eigenvalue weighted by Crippen LogP contribution is -2.60. The molecule has 0 aliphatic carbocycles. The van der Waals surface area contributed by atoms with E-state index < -0.39 is 71.2 Å². The minimum atomic E-state index is -4.60. The zero-order valence-corrected chi connectivity index (χ0v) is 40.8. The van der Waals surface area contributed by atoms with Crippen molar-refractivity contribution < 1.29 is 56.8 Å². The predicted octanol–water partition coefficient (Wildman–Crippen LogP) is 11.4. The zero-order chi connectivity index (χ0) is 46.2. The van der Waals surface area contributed by atoms with Gasteiger partial charge < -0.3 is 34.3 Å². The predicted molar refractivity (Wildman–Crippen MR) is 252 cm³/mol. The second kappa shape index (κ2) is 40.6. The molecule has 0 aromatic carbocycles. The number of aliphatic hydroxyl groups is 3. The summed E-state index contributed by atoms with van der Waals surface area (Å²) in [6.45, 7) is 3.77. The third-order valence-electron chi connectivity index (χ3n) is 12.1. The summed E-state index contributed by atoms with van der Waals surface area (Å²) in [4.78, 5) is 25.4. The van der Waals surface area contributed by atoms with E-state index in [-0.39, 0.29) is 19.4 Å². The first-order valence-electron chi connectivity index (χ1n) is 25.7. The highest BCUT2D eigenvalue weighted by Gasteiger charge is 2.46. The Morgan fingerprint density at radius 3 is 1.37 bits per heavy atom. The van der Waals surface area contributed by atoms with Crippen molar-refractivity contribution in [1.82, 2.24) is 0 Å². The van der Waals surface area contributed by atoms with E-state index in [1.54, 1.807) is 0 Å². The Hall–Kier alpha value is -1.61.